The Balaban J connectivity index is 1.81. The van der Waals surface area contributed by atoms with Crippen LogP contribution in [-0.2, 0) is 6.54 Å². The number of benzene rings is 1. The summed E-state index contributed by atoms with van der Waals surface area (Å²) in [6.07, 6.45) is 3.83. The summed E-state index contributed by atoms with van der Waals surface area (Å²) < 4.78 is 3.77. The van der Waals surface area contributed by atoms with Crippen molar-refractivity contribution in [1.29, 1.82) is 0 Å². The van der Waals surface area contributed by atoms with Gasteiger partial charge in [-0.15, -0.1) is 5.10 Å². The van der Waals surface area contributed by atoms with E-state index in [0.717, 1.165) is 34.0 Å². The van der Waals surface area contributed by atoms with Gasteiger partial charge in [-0.3, -0.25) is 0 Å². The third-order valence-corrected chi connectivity index (χ3v) is 5.42. The van der Waals surface area contributed by atoms with Gasteiger partial charge in [-0.1, -0.05) is 18.2 Å². The first-order valence-electron chi connectivity index (χ1n) is 9.39. The number of aromatic hydroxyl groups is 1. The number of nitrogens with zero attached hydrogens (tertiary/aromatic N) is 4. The molecule has 0 fully saturated rings. The van der Waals surface area contributed by atoms with Crippen molar-refractivity contribution in [3.05, 3.63) is 70.3 Å². The summed E-state index contributed by atoms with van der Waals surface area (Å²) in [4.78, 5) is 4.75. The second kappa shape index (κ2) is 6.71. The second-order valence-corrected chi connectivity index (χ2v) is 7.39. The van der Waals surface area contributed by atoms with Gasteiger partial charge in [-0.2, -0.15) is 0 Å². The number of aromatic nitrogens is 4. The quantitative estimate of drug-likeness (QED) is 0.555. The largest absolute Gasteiger partial charge is 0.492 e. The van der Waals surface area contributed by atoms with E-state index in [0.29, 0.717) is 6.54 Å². The lowest BCUT2D eigenvalue weighted by Crippen LogP contribution is -2.07. The summed E-state index contributed by atoms with van der Waals surface area (Å²) in [6.45, 7) is 10.9. The van der Waals surface area contributed by atoms with Gasteiger partial charge >= 0.3 is 0 Å². The standard InChI is InChI=1S/C22H25N5O/c1-13-7-6-8-14(2)19(13)10-23-20-9-18(27-11-15(3)22(28)25-27)12-26-17(5)16(4)24-21(20)26/h6-9,11-12,23H,10H2,1-5H3,(H,25,28). The topological polar surface area (TPSA) is 67.4 Å². The molecule has 0 saturated heterocycles. The van der Waals surface area contributed by atoms with Crippen molar-refractivity contribution >= 4 is 11.3 Å². The number of rotatable bonds is 4. The maximum Gasteiger partial charge on any atom is 0.233 e. The van der Waals surface area contributed by atoms with Gasteiger partial charge < -0.3 is 14.8 Å². The first-order chi connectivity index (χ1) is 13.3. The maximum atomic E-state index is 9.89. The number of hydrogen-bond acceptors (Lipinski definition) is 4. The highest BCUT2D eigenvalue weighted by Gasteiger charge is 2.14. The first kappa shape index (κ1) is 18.1. The molecule has 4 aromatic rings. The first-order valence-corrected chi connectivity index (χ1v) is 9.39. The fourth-order valence-electron chi connectivity index (χ4n) is 3.51. The predicted octanol–water partition coefficient (Wildman–Crippen LogP) is 4.38. The SMILES string of the molecule is Cc1cn(-c2cc(NCc3c(C)cccc3C)c3nc(C)c(C)n3c2)nc1O. The van der Waals surface area contributed by atoms with Crippen LogP contribution in [0.4, 0.5) is 5.69 Å². The number of aryl methyl sites for hydroxylation is 5. The Morgan fingerprint density at radius 1 is 1.00 bits per heavy atom. The van der Waals surface area contributed by atoms with Crippen LogP contribution in [-0.4, -0.2) is 24.3 Å². The van der Waals surface area contributed by atoms with Crippen LogP contribution in [0.25, 0.3) is 11.3 Å². The van der Waals surface area contributed by atoms with Crippen LogP contribution in [0, 0.1) is 34.6 Å². The minimum Gasteiger partial charge on any atom is -0.492 e. The molecule has 6 nitrogen and oxygen atoms in total. The summed E-state index contributed by atoms with van der Waals surface area (Å²) in [6, 6.07) is 8.38. The van der Waals surface area contributed by atoms with Crippen LogP contribution >= 0.6 is 0 Å². The van der Waals surface area contributed by atoms with Crippen LogP contribution < -0.4 is 5.32 Å². The van der Waals surface area contributed by atoms with E-state index in [2.05, 4.69) is 53.8 Å². The number of imidazole rings is 1. The second-order valence-electron chi connectivity index (χ2n) is 7.39. The molecule has 0 unspecified atom stereocenters. The molecule has 0 aliphatic carbocycles. The lowest BCUT2D eigenvalue weighted by molar-refractivity contribution is 0.444. The van der Waals surface area contributed by atoms with Gasteiger partial charge in [-0.25, -0.2) is 9.67 Å². The molecule has 3 aromatic heterocycles. The van der Waals surface area contributed by atoms with Crippen molar-refractivity contribution < 1.29 is 5.11 Å². The summed E-state index contributed by atoms with van der Waals surface area (Å²) in [5.74, 6) is 0.0451. The zero-order valence-corrected chi connectivity index (χ0v) is 16.9. The van der Waals surface area contributed by atoms with E-state index in [1.54, 1.807) is 4.68 Å². The Morgan fingerprint density at radius 2 is 1.71 bits per heavy atom. The monoisotopic (exact) mass is 375 g/mol. The third-order valence-electron chi connectivity index (χ3n) is 5.42. The number of fused-ring (bicyclic) bond motifs is 1. The molecule has 3 heterocycles. The average molecular weight is 375 g/mol. The fraction of sp³-hybridized carbons (Fsp3) is 0.273. The Morgan fingerprint density at radius 3 is 2.36 bits per heavy atom. The smallest absolute Gasteiger partial charge is 0.233 e. The van der Waals surface area contributed by atoms with Crippen LogP contribution in [0.5, 0.6) is 5.88 Å². The Labute approximate surface area is 164 Å². The highest BCUT2D eigenvalue weighted by molar-refractivity contribution is 5.71. The van der Waals surface area contributed by atoms with Crippen LogP contribution in [0.1, 0.15) is 33.6 Å². The highest BCUT2D eigenvalue weighted by atomic mass is 16.3. The van der Waals surface area contributed by atoms with Gasteiger partial charge in [0, 0.05) is 30.2 Å². The Kier molecular flexibility index (Phi) is 4.34. The average Bonchev–Trinajstić information content (AvgIpc) is 3.14. The van der Waals surface area contributed by atoms with Crippen molar-refractivity contribution in [2.75, 3.05) is 5.32 Å². The van der Waals surface area contributed by atoms with Crippen molar-refractivity contribution in [3.63, 3.8) is 0 Å². The molecule has 0 aliphatic heterocycles. The van der Waals surface area contributed by atoms with E-state index >= 15 is 0 Å². The number of hydrogen-bond donors (Lipinski definition) is 2. The van der Waals surface area contributed by atoms with E-state index in [9.17, 15) is 5.11 Å². The van der Waals surface area contributed by atoms with Gasteiger partial charge in [0.2, 0.25) is 5.88 Å². The number of pyridine rings is 1. The van der Waals surface area contributed by atoms with Crippen molar-refractivity contribution in [1.82, 2.24) is 19.2 Å². The molecule has 2 N–H and O–H groups in total. The number of nitrogens with one attached hydrogen (secondary N) is 1. The van der Waals surface area contributed by atoms with Crippen LogP contribution in [0.2, 0.25) is 0 Å². The lowest BCUT2D eigenvalue weighted by Gasteiger charge is -2.14. The van der Waals surface area contributed by atoms with Crippen molar-refractivity contribution in [2.45, 2.75) is 41.2 Å². The van der Waals surface area contributed by atoms with Crippen molar-refractivity contribution in [2.24, 2.45) is 0 Å². The van der Waals surface area contributed by atoms with Crippen LogP contribution in [0.3, 0.4) is 0 Å². The van der Waals surface area contributed by atoms with Crippen LogP contribution in [0.15, 0.2) is 36.7 Å². The molecule has 0 aliphatic rings. The van der Waals surface area contributed by atoms with E-state index in [-0.39, 0.29) is 5.88 Å². The summed E-state index contributed by atoms with van der Waals surface area (Å²) in [5, 5.41) is 17.7. The zero-order valence-electron chi connectivity index (χ0n) is 16.9. The van der Waals surface area contributed by atoms with Gasteiger partial charge in [0.25, 0.3) is 0 Å². The summed E-state index contributed by atoms with van der Waals surface area (Å²) in [5.41, 5.74) is 9.32. The number of anilines is 1. The van der Waals surface area contributed by atoms with Gasteiger partial charge in [-0.05, 0) is 57.4 Å². The molecule has 1 aromatic carbocycles. The van der Waals surface area contributed by atoms with E-state index in [1.165, 1.54) is 16.7 Å². The molecule has 0 radical (unpaired) electrons. The zero-order chi connectivity index (χ0) is 20.0. The van der Waals surface area contributed by atoms with Gasteiger partial charge in [0.15, 0.2) is 5.65 Å². The van der Waals surface area contributed by atoms with Gasteiger partial charge in [0.1, 0.15) is 0 Å². The van der Waals surface area contributed by atoms with E-state index < -0.39 is 0 Å². The molecule has 6 heteroatoms. The predicted molar refractivity (Wildman–Crippen MR) is 111 cm³/mol. The van der Waals surface area contributed by atoms with Gasteiger partial charge in [0.05, 0.1) is 17.1 Å². The molecule has 0 amide bonds. The molecule has 0 bridgehead atoms. The molecular weight excluding hydrogens is 350 g/mol. The third kappa shape index (κ3) is 3.01. The normalized spacial score (nSPS) is 11.3. The lowest BCUT2D eigenvalue weighted by atomic mass is 10.0. The van der Waals surface area contributed by atoms with E-state index in [1.807, 2.05) is 32.3 Å². The molecule has 0 atom stereocenters. The minimum atomic E-state index is 0.0451. The Hall–Kier alpha value is -3.28. The molecule has 28 heavy (non-hydrogen) atoms. The fourth-order valence-corrected chi connectivity index (χ4v) is 3.51. The molecule has 0 saturated carbocycles. The molecular formula is C22H25N5O. The minimum absolute atomic E-state index is 0.0451. The summed E-state index contributed by atoms with van der Waals surface area (Å²) >= 11 is 0. The Bertz CT molecular complexity index is 1150. The molecule has 4 rings (SSSR count). The van der Waals surface area contributed by atoms with Crippen molar-refractivity contribution in [3.8, 4) is 11.6 Å². The van der Waals surface area contributed by atoms with E-state index in [4.69, 9.17) is 4.98 Å². The molecule has 144 valence electrons. The summed E-state index contributed by atoms with van der Waals surface area (Å²) in [7, 11) is 0. The molecule has 0 spiro atoms. The highest BCUT2D eigenvalue weighted by Crippen LogP contribution is 2.26. The maximum absolute atomic E-state index is 9.89.